The minimum absolute atomic E-state index is 0.356. The first-order chi connectivity index (χ1) is 14.2. The van der Waals surface area contributed by atoms with Crippen LogP contribution in [0.3, 0.4) is 0 Å². The van der Waals surface area contributed by atoms with Crippen molar-refractivity contribution in [1.29, 1.82) is 0 Å². The number of thioether (sulfide) groups is 1. The molecule has 0 N–H and O–H groups in total. The van der Waals surface area contributed by atoms with Crippen molar-refractivity contribution in [2.45, 2.75) is 32.2 Å². The Morgan fingerprint density at radius 1 is 1.21 bits per heavy atom. The lowest BCUT2D eigenvalue weighted by atomic mass is 9.92. The molecule has 1 unspecified atom stereocenters. The van der Waals surface area contributed by atoms with Crippen molar-refractivity contribution in [1.82, 2.24) is 4.90 Å². The summed E-state index contributed by atoms with van der Waals surface area (Å²) < 4.78 is 4.91. The van der Waals surface area contributed by atoms with Crippen LogP contribution < -0.4 is 0 Å². The molecule has 2 fully saturated rings. The summed E-state index contributed by atoms with van der Waals surface area (Å²) >= 11 is 1.59. The first-order valence-corrected chi connectivity index (χ1v) is 11.0. The third-order valence-electron chi connectivity index (χ3n) is 5.71. The van der Waals surface area contributed by atoms with Crippen LogP contribution in [0.1, 0.15) is 25.3 Å². The van der Waals surface area contributed by atoms with E-state index < -0.39 is 6.04 Å². The fourth-order valence-electron chi connectivity index (χ4n) is 4.06. The third kappa shape index (κ3) is 3.84. The van der Waals surface area contributed by atoms with E-state index in [1.807, 2.05) is 0 Å². The number of hydrogen-bond donors (Lipinski definition) is 0. The molecule has 4 rings (SSSR count). The molecule has 1 atom stereocenters. The lowest BCUT2D eigenvalue weighted by molar-refractivity contribution is -0.146. The van der Waals surface area contributed by atoms with Gasteiger partial charge in [-0.2, -0.15) is 0 Å². The van der Waals surface area contributed by atoms with E-state index in [0.29, 0.717) is 11.7 Å². The second-order valence-corrected chi connectivity index (χ2v) is 8.49. The first kappa shape index (κ1) is 19.8. The van der Waals surface area contributed by atoms with E-state index in [9.17, 15) is 9.59 Å². The Morgan fingerprint density at radius 2 is 1.97 bits per heavy atom. The molecule has 1 heterocycles. The summed E-state index contributed by atoms with van der Waals surface area (Å²) in [4.78, 5) is 25.6. The highest BCUT2D eigenvalue weighted by Crippen LogP contribution is 2.48. The predicted octanol–water partition coefficient (Wildman–Crippen LogP) is 4.70. The first-order valence-electron chi connectivity index (χ1n) is 9.98. The zero-order valence-corrected chi connectivity index (χ0v) is 17.6. The Labute approximate surface area is 175 Å². The summed E-state index contributed by atoms with van der Waals surface area (Å²) in [5.41, 5.74) is 3.74. The number of allylic oxidation sites excluding steroid dienone is 3. The van der Waals surface area contributed by atoms with Gasteiger partial charge in [0.05, 0.1) is 12.1 Å². The summed E-state index contributed by atoms with van der Waals surface area (Å²) in [6.45, 7) is 2.06. The fourth-order valence-corrected chi connectivity index (χ4v) is 5.45. The van der Waals surface area contributed by atoms with Crippen molar-refractivity contribution in [2.24, 2.45) is 5.92 Å². The van der Waals surface area contributed by atoms with E-state index in [2.05, 4.69) is 55.5 Å². The van der Waals surface area contributed by atoms with Gasteiger partial charge in [-0.15, -0.1) is 11.8 Å². The monoisotopic (exact) mass is 407 g/mol. The predicted molar refractivity (Wildman–Crippen MR) is 117 cm³/mol. The van der Waals surface area contributed by atoms with Gasteiger partial charge < -0.3 is 4.74 Å². The molecule has 5 heteroatoms. The third-order valence-corrected chi connectivity index (χ3v) is 6.89. The normalized spacial score (nSPS) is 21.4. The molecule has 0 bridgehead atoms. The van der Waals surface area contributed by atoms with Gasteiger partial charge in [0.2, 0.25) is 6.41 Å². The zero-order chi connectivity index (χ0) is 20.4. The van der Waals surface area contributed by atoms with Gasteiger partial charge >= 0.3 is 5.97 Å². The number of carbonyl (C=O) groups excluding carboxylic acids is 2. The van der Waals surface area contributed by atoms with Crippen molar-refractivity contribution in [3.8, 4) is 0 Å². The standard InChI is InChI=1S/C24H25NO3S/c1-3-16(13-19-9-6-8-17-7-4-5-10-20(17)19)22(18-11-12-18)23-25(15-26)21(14-29-23)24(27)28-2/h3-10,15,18,21H,11-14H2,1-2H3/b16-3?,23-22-. The van der Waals surface area contributed by atoms with Crippen LogP contribution in [-0.2, 0) is 20.7 Å². The fraction of sp³-hybridized carbons (Fsp3) is 0.333. The Balaban J connectivity index is 1.73. The molecule has 29 heavy (non-hydrogen) atoms. The lowest BCUT2D eigenvalue weighted by Gasteiger charge is -2.22. The maximum absolute atomic E-state index is 12.1. The van der Waals surface area contributed by atoms with Crippen LogP contribution in [0.5, 0.6) is 0 Å². The number of esters is 1. The summed E-state index contributed by atoms with van der Waals surface area (Å²) in [6.07, 6.45) is 6.01. The van der Waals surface area contributed by atoms with Gasteiger partial charge in [-0.3, -0.25) is 9.69 Å². The van der Waals surface area contributed by atoms with Gasteiger partial charge in [0.15, 0.2) is 0 Å². The van der Waals surface area contributed by atoms with E-state index in [-0.39, 0.29) is 5.97 Å². The molecule has 0 spiro atoms. The van der Waals surface area contributed by atoms with Crippen molar-refractivity contribution in [2.75, 3.05) is 12.9 Å². The Morgan fingerprint density at radius 3 is 2.66 bits per heavy atom. The molecule has 1 amide bonds. The number of fused-ring (bicyclic) bond motifs is 1. The van der Waals surface area contributed by atoms with Gasteiger partial charge in [-0.05, 0) is 59.6 Å². The summed E-state index contributed by atoms with van der Waals surface area (Å²) in [7, 11) is 1.37. The largest absolute Gasteiger partial charge is 0.467 e. The number of rotatable bonds is 6. The number of amides is 1. The summed E-state index contributed by atoms with van der Waals surface area (Å²) in [6, 6.07) is 14.3. The molecular formula is C24H25NO3S. The minimum Gasteiger partial charge on any atom is -0.467 e. The maximum atomic E-state index is 12.1. The van der Waals surface area contributed by atoms with Crippen molar-refractivity contribution >= 4 is 34.9 Å². The smallest absolute Gasteiger partial charge is 0.329 e. The van der Waals surface area contributed by atoms with Crippen molar-refractivity contribution in [3.05, 3.63) is 70.3 Å². The highest BCUT2D eigenvalue weighted by Gasteiger charge is 2.40. The average Bonchev–Trinajstić information content (AvgIpc) is 3.51. The molecule has 0 radical (unpaired) electrons. The van der Waals surface area contributed by atoms with Crippen LogP contribution in [0.15, 0.2) is 64.7 Å². The van der Waals surface area contributed by atoms with E-state index >= 15 is 0 Å². The molecule has 1 saturated heterocycles. The molecule has 0 aromatic heterocycles. The minimum atomic E-state index is -0.540. The Hall–Kier alpha value is -2.53. The molecule has 2 aromatic carbocycles. The molecule has 1 saturated carbocycles. The van der Waals surface area contributed by atoms with Gasteiger partial charge in [-0.25, -0.2) is 4.79 Å². The SMILES string of the molecule is CC=C(Cc1cccc2ccccc12)/C(=C1/SCC(C(=O)OC)N1C=O)C1CC1. The molecule has 1 aliphatic carbocycles. The topological polar surface area (TPSA) is 46.6 Å². The van der Waals surface area contributed by atoms with E-state index in [1.165, 1.54) is 34.6 Å². The number of benzene rings is 2. The number of methoxy groups -OCH3 is 1. The second-order valence-electron chi connectivity index (χ2n) is 7.48. The number of carbonyl (C=O) groups is 2. The van der Waals surface area contributed by atoms with E-state index in [0.717, 1.165) is 30.7 Å². The number of hydrogen-bond acceptors (Lipinski definition) is 4. The van der Waals surface area contributed by atoms with Gasteiger partial charge in [-0.1, -0.05) is 48.5 Å². The summed E-state index contributed by atoms with van der Waals surface area (Å²) in [5, 5.41) is 3.41. The van der Waals surface area contributed by atoms with Crippen LogP contribution in [0, 0.1) is 5.92 Å². The quantitative estimate of drug-likeness (QED) is 0.515. The molecular weight excluding hydrogens is 382 g/mol. The Kier molecular flexibility index (Phi) is 5.76. The highest BCUT2D eigenvalue weighted by molar-refractivity contribution is 8.03. The van der Waals surface area contributed by atoms with Crippen LogP contribution in [0.25, 0.3) is 10.8 Å². The summed E-state index contributed by atoms with van der Waals surface area (Å²) in [5.74, 6) is 0.644. The van der Waals surface area contributed by atoms with Gasteiger partial charge in [0, 0.05) is 5.75 Å². The van der Waals surface area contributed by atoms with E-state index in [1.54, 1.807) is 16.7 Å². The number of ether oxygens (including phenoxy) is 1. The van der Waals surface area contributed by atoms with Gasteiger partial charge in [0.25, 0.3) is 0 Å². The van der Waals surface area contributed by atoms with Crippen LogP contribution >= 0.6 is 11.8 Å². The highest BCUT2D eigenvalue weighted by atomic mass is 32.2. The Bertz CT molecular complexity index is 1000. The molecule has 1 aliphatic heterocycles. The zero-order valence-electron chi connectivity index (χ0n) is 16.8. The maximum Gasteiger partial charge on any atom is 0.329 e. The van der Waals surface area contributed by atoms with Crippen molar-refractivity contribution in [3.63, 3.8) is 0 Å². The van der Waals surface area contributed by atoms with Crippen LogP contribution in [0.2, 0.25) is 0 Å². The molecule has 4 nitrogen and oxygen atoms in total. The molecule has 2 aromatic rings. The molecule has 2 aliphatic rings. The van der Waals surface area contributed by atoms with Gasteiger partial charge in [0.1, 0.15) is 6.04 Å². The van der Waals surface area contributed by atoms with Crippen LogP contribution in [-0.4, -0.2) is 36.2 Å². The molecule has 150 valence electrons. The lowest BCUT2D eigenvalue weighted by Crippen LogP contribution is -2.37. The van der Waals surface area contributed by atoms with Crippen LogP contribution in [0.4, 0.5) is 0 Å². The average molecular weight is 408 g/mol. The second kappa shape index (κ2) is 8.46. The van der Waals surface area contributed by atoms with Crippen molar-refractivity contribution < 1.29 is 14.3 Å². The number of nitrogens with zero attached hydrogens (tertiary/aromatic N) is 1. The van der Waals surface area contributed by atoms with E-state index in [4.69, 9.17) is 4.74 Å².